The van der Waals surface area contributed by atoms with Crippen LogP contribution in [0.4, 0.5) is 23.2 Å². The molecule has 2 rings (SSSR count). The molecule has 0 saturated heterocycles. The predicted octanol–water partition coefficient (Wildman–Crippen LogP) is 4.90. The number of hydrogen-bond acceptors (Lipinski definition) is 4. The zero-order valence-corrected chi connectivity index (χ0v) is 15.0. The van der Waals surface area contributed by atoms with E-state index in [9.17, 15) is 30.8 Å². The highest BCUT2D eigenvalue weighted by Gasteiger charge is 2.26. The van der Waals surface area contributed by atoms with Gasteiger partial charge in [0.2, 0.25) is 9.84 Å². The zero-order valence-electron chi connectivity index (χ0n) is 12.6. The van der Waals surface area contributed by atoms with Crippen LogP contribution in [0.15, 0.2) is 52.3 Å². The minimum absolute atomic E-state index is 0.0199. The fourth-order valence-electron chi connectivity index (χ4n) is 1.91. The van der Waals surface area contributed by atoms with E-state index in [4.69, 9.17) is 11.6 Å². The average Bonchev–Trinajstić information content (AvgIpc) is 2.57. The van der Waals surface area contributed by atoms with Crippen molar-refractivity contribution in [1.29, 1.82) is 0 Å². The van der Waals surface area contributed by atoms with Crippen LogP contribution in [0.3, 0.4) is 0 Å². The Labute approximate surface area is 155 Å². The number of thioether (sulfide) groups is 1. The molecule has 2 aromatic rings. The van der Waals surface area contributed by atoms with E-state index in [0.29, 0.717) is 0 Å². The molecule has 0 bridgehead atoms. The van der Waals surface area contributed by atoms with Gasteiger partial charge in [0, 0.05) is 5.56 Å². The fraction of sp³-hybridized carbons (Fsp3) is 0.133. The molecule has 4 nitrogen and oxygen atoms in total. The topological polar surface area (TPSA) is 63.2 Å². The van der Waals surface area contributed by atoms with Gasteiger partial charge < -0.3 is 5.32 Å². The normalized spacial score (nSPS) is 11.8. The van der Waals surface area contributed by atoms with E-state index in [1.165, 1.54) is 18.2 Å². The lowest BCUT2D eigenvalue weighted by atomic mass is 10.2. The van der Waals surface area contributed by atoms with E-state index in [0.717, 1.165) is 24.3 Å². The van der Waals surface area contributed by atoms with Crippen LogP contribution in [0.1, 0.15) is 10.4 Å². The van der Waals surface area contributed by atoms with Gasteiger partial charge in [-0.15, -0.1) is 0 Å². The highest BCUT2D eigenvalue weighted by molar-refractivity contribution is 7.99. The maximum absolute atomic E-state index is 12.6. The molecular formula is C15H10ClF4NO3S2. The van der Waals surface area contributed by atoms with Gasteiger partial charge in [0.05, 0.1) is 20.5 Å². The molecule has 1 N–H and O–H groups in total. The first-order valence-corrected chi connectivity index (χ1v) is 9.60. The number of sulfone groups is 1. The molecule has 2 aromatic carbocycles. The number of benzene rings is 2. The summed E-state index contributed by atoms with van der Waals surface area (Å²) in [7, 11) is -4.77. The molecule has 0 radical (unpaired) electrons. The first kappa shape index (κ1) is 20.5. The van der Waals surface area contributed by atoms with Gasteiger partial charge in [-0.3, -0.25) is 4.79 Å². The zero-order chi connectivity index (χ0) is 19.5. The summed E-state index contributed by atoms with van der Waals surface area (Å²) in [5.41, 5.74) is -0.0109. The molecule has 0 unspecified atom stereocenters. The second-order valence-electron chi connectivity index (χ2n) is 4.78. The van der Waals surface area contributed by atoms with Crippen LogP contribution in [0.5, 0.6) is 0 Å². The van der Waals surface area contributed by atoms with Crippen molar-refractivity contribution in [1.82, 2.24) is 0 Å². The SMILES string of the molecule is O=C(Nc1cccc(Cl)c1SC(F)F)c1ccc(S(=O)(=O)C(F)F)cc1. The molecule has 0 aliphatic carbocycles. The first-order chi connectivity index (χ1) is 12.1. The lowest BCUT2D eigenvalue weighted by Gasteiger charge is -2.12. The van der Waals surface area contributed by atoms with Gasteiger partial charge in [-0.1, -0.05) is 29.4 Å². The number of hydrogen-bond donors (Lipinski definition) is 1. The van der Waals surface area contributed by atoms with Gasteiger partial charge in [-0.05, 0) is 36.4 Å². The van der Waals surface area contributed by atoms with E-state index >= 15 is 0 Å². The summed E-state index contributed by atoms with van der Waals surface area (Å²) in [5, 5.41) is 2.40. The predicted molar refractivity (Wildman–Crippen MR) is 90.9 cm³/mol. The van der Waals surface area contributed by atoms with Crippen LogP contribution in [-0.4, -0.2) is 25.8 Å². The van der Waals surface area contributed by atoms with E-state index in [1.807, 2.05) is 0 Å². The molecule has 0 atom stereocenters. The smallest absolute Gasteiger partial charge is 0.321 e. The van der Waals surface area contributed by atoms with E-state index in [2.05, 4.69) is 5.32 Å². The van der Waals surface area contributed by atoms with E-state index in [-0.39, 0.29) is 32.9 Å². The Morgan fingerprint density at radius 2 is 1.65 bits per heavy atom. The number of carbonyl (C=O) groups is 1. The maximum atomic E-state index is 12.6. The number of amides is 1. The summed E-state index contributed by atoms with van der Waals surface area (Å²) in [6.07, 6.45) is 0. The number of halogens is 5. The Balaban J connectivity index is 2.25. The van der Waals surface area contributed by atoms with Gasteiger partial charge in [-0.2, -0.15) is 17.6 Å². The van der Waals surface area contributed by atoms with Gasteiger partial charge in [0.15, 0.2) is 0 Å². The van der Waals surface area contributed by atoms with Crippen LogP contribution < -0.4 is 5.32 Å². The number of anilines is 1. The molecule has 0 aliphatic heterocycles. The second-order valence-corrected chi connectivity index (χ2v) is 8.10. The van der Waals surface area contributed by atoms with Crippen molar-refractivity contribution in [3.05, 3.63) is 53.1 Å². The van der Waals surface area contributed by atoms with Gasteiger partial charge in [0.25, 0.3) is 11.7 Å². The molecule has 140 valence electrons. The Kier molecular flexibility index (Phi) is 6.53. The third kappa shape index (κ3) is 4.68. The quantitative estimate of drug-likeness (QED) is 0.526. The van der Waals surface area contributed by atoms with Crippen molar-refractivity contribution >= 4 is 44.8 Å². The Morgan fingerprint density at radius 1 is 1.04 bits per heavy atom. The van der Waals surface area contributed by atoms with Crippen LogP contribution in [-0.2, 0) is 9.84 Å². The summed E-state index contributed by atoms with van der Waals surface area (Å²) >= 11 is 6.02. The summed E-state index contributed by atoms with van der Waals surface area (Å²) in [5.74, 6) is -7.09. The van der Waals surface area contributed by atoms with Crippen molar-refractivity contribution in [2.24, 2.45) is 0 Å². The molecule has 1 amide bonds. The molecular weight excluding hydrogens is 418 g/mol. The lowest BCUT2D eigenvalue weighted by molar-refractivity contribution is 0.102. The third-order valence-electron chi connectivity index (χ3n) is 3.10. The Hall–Kier alpha value is -1.78. The minimum Gasteiger partial charge on any atom is -0.321 e. The van der Waals surface area contributed by atoms with Crippen molar-refractivity contribution in [2.75, 3.05) is 5.32 Å². The van der Waals surface area contributed by atoms with Crippen molar-refractivity contribution in [2.45, 2.75) is 21.3 Å². The molecule has 0 fully saturated rings. The van der Waals surface area contributed by atoms with E-state index < -0.39 is 32.2 Å². The van der Waals surface area contributed by atoms with Crippen molar-refractivity contribution in [3.8, 4) is 0 Å². The number of nitrogens with one attached hydrogen (secondary N) is 1. The van der Waals surface area contributed by atoms with Gasteiger partial charge >= 0.3 is 5.76 Å². The second kappa shape index (κ2) is 8.28. The maximum Gasteiger partial charge on any atom is 0.341 e. The summed E-state index contributed by atoms with van der Waals surface area (Å²) in [4.78, 5) is 11.5. The summed E-state index contributed by atoms with van der Waals surface area (Å²) in [6, 6.07) is 8.00. The van der Waals surface area contributed by atoms with Crippen molar-refractivity contribution < 1.29 is 30.8 Å². The largest absolute Gasteiger partial charge is 0.341 e. The van der Waals surface area contributed by atoms with Gasteiger partial charge in [-0.25, -0.2) is 8.42 Å². The highest BCUT2D eigenvalue weighted by atomic mass is 35.5. The standard InChI is InChI=1S/C15H10ClF4NO3S2/c16-10-2-1-3-11(12(10)25-14(17)18)21-13(22)8-4-6-9(7-5-8)26(23,24)15(19)20/h1-7,14-15H,(H,21,22). The number of rotatable bonds is 6. The summed E-state index contributed by atoms with van der Waals surface area (Å²) < 4.78 is 72.9. The fourth-order valence-corrected chi connectivity index (χ4v) is 3.54. The lowest BCUT2D eigenvalue weighted by Crippen LogP contribution is -2.14. The molecule has 0 saturated carbocycles. The Bertz CT molecular complexity index is 906. The van der Waals surface area contributed by atoms with Crippen LogP contribution in [0.25, 0.3) is 0 Å². The highest BCUT2D eigenvalue weighted by Crippen LogP contribution is 2.37. The van der Waals surface area contributed by atoms with Crippen LogP contribution in [0, 0.1) is 0 Å². The number of carbonyl (C=O) groups excluding carboxylic acids is 1. The van der Waals surface area contributed by atoms with E-state index in [1.54, 1.807) is 0 Å². The third-order valence-corrected chi connectivity index (χ3v) is 5.78. The number of alkyl halides is 4. The first-order valence-electron chi connectivity index (χ1n) is 6.79. The van der Waals surface area contributed by atoms with Crippen molar-refractivity contribution in [3.63, 3.8) is 0 Å². The monoisotopic (exact) mass is 427 g/mol. The summed E-state index contributed by atoms with van der Waals surface area (Å²) in [6.45, 7) is 0. The Morgan fingerprint density at radius 3 is 2.19 bits per heavy atom. The van der Waals surface area contributed by atoms with Gasteiger partial charge in [0.1, 0.15) is 0 Å². The molecule has 0 spiro atoms. The molecule has 0 aromatic heterocycles. The van der Waals surface area contributed by atoms with Crippen LogP contribution >= 0.6 is 23.4 Å². The molecule has 0 aliphatic rings. The molecule has 26 heavy (non-hydrogen) atoms. The average molecular weight is 428 g/mol. The molecule has 11 heteroatoms. The van der Waals surface area contributed by atoms with Crippen LogP contribution in [0.2, 0.25) is 5.02 Å². The minimum atomic E-state index is -4.77. The molecule has 0 heterocycles.